The molecular weight excluding hydrogens is 318 g/mol. The normalized spacial score (nSPS) is 23.4. The number of likely N-dealkylation sites (tertiary alicyclic amines) is 1. The first-order valence-electron chi connectivity index (χ1n) is 10.5. The van der Waals surface area contributed by atoms with Crippen molar-refractivity contribution in [2.24, 2.45) is 5.41 Å². The van der Waals surface area contributed by atoms with Gasteiger partial charge < -0.3 is 0 Å². The quantitative estimate of drug-likeness (QED) is 0.609. The standard InChI is InChI=1S/C23H44N3/c1-15(2)24-17(5)18(6)25(16(3)4)20(24)19-22(10,11)14-23(12,13)26(19)21(7,8)9/h15-16,19H,14H2,1-13H3/q+1/t19-/m0/s1. The zero-order valence-corrected chi connectivity index (χ0v) is 19.8. The Kier molecular flexibility index (Phi) is 5.25. The molecule has 1 aromatic rings. The molecule has 0 radical (unpaired) electrons. The average Bonchev–Trinajstić information content (AvgIpc) is 2.75. The first kappa shape index (κ1) is 21.5. The third-order valence-corrected chi connectivity index (χ3v) is 6.28. The van der Waals surface area contributed by atoms with Gasteiger partial charge >= 0.3 is 0 Å². The van der Waals surface area contributed by atoms with Crippen molar-refractivity contribution < 1.29 is 4.57 Å². The lowest BCUT2D eigenvalue weighted by atomic mass is 9.80. The first-order valence-corrected chi connectivity index (χ1v) is 10.5. The average molecular weight is 363 g/mol. The van der Waals surface area contributed by atoms with Crippen LogP contribution in [0.4, 0.5) is 0 Å². The van der Waals surface area contributed by atoms with E-state index in [0.29, 0.717) is 18.1 Å². The van der Waals surface area contributed by atoms with Gasteiger partial charge in [-0.25, -0.2) is 9.13 Å². The van der Waals surface area contributed by atoms with E-state index in [9.17, 15) is 0 Å². The summed E-state index contributed by atoms with van der Waals surface area (Å²) in [6.45, 7) is 30.9. The molecule has 0 amide bonds. The van der Waals surface area contributed by atoms with Crippen LogP contribution in [-0.4, -0.2) is 20.5 Å². The number of aromatic nitrogens is 2. The summed E-state index contributed by atoms with van der Waals surface area (Å²) in [5.74, 6) is 1.50. The van der Waals surface area contributed by atoms with Gasteiger partial charge in [-0.05, 0) is 74.1 Å². The minimum absolute atomic E-state index is 0.116. The molecular formula is C23H44N3+. The molecule has 1 aliphatic heterocycles. The van der Waals surface area contributed by atoms with Crippen molar-refractivity contribution in [3.8, 4) is 0 Å². The Balaban J connectivity index is 2.89. The fourth-order valence-electron chi connectivity index (χ4n) is 6.13. The zero-order valence-electron chi connectivity index (χ0n) is 19.8. The smallest absolute Gasteiger partial charge is 0.275 e. The van der Waals surface area contributed by atoms with Crippen LogP contribution in [0.15, 0.2) is 0 Å². The van der Waals surface area contributed by atoms with Crippen LogP contribution in [0.25, 0.3) is 0 Å². The molecule has 0 spiro atoms. The van der Waals surface area contributed by atoms with E-state index in [1.807, 2.05) is 0 Å². The van der Waals surface area contributed by atoms with Gasteiger partial charge in [0.15, 0.2) is 0 Å². The highest BCUT2D eigenvalue weighted by Crippen LogP contribution is 2.56. The van der Waals surface area contributed by atoms with Gasteiger partial charge in [0, 0.05) is 24.9 Å². The van der Waals surface area contributed by atoms with Crippen LogP contribution in [0, 0.1) is 19.3 Å². The van der Waals surface area contributed by atoms with E-state index < -0.39 is 0 Å². The SMILES string of the molecule is Cc1c(C)[n+](C(C)C)c([C@@H]2N(C(C)(C)C)C(C)(C)CC2(C)C)n1C(C)C. The second-order valence-electron chi connectivity index (χ2n) is 11.4. The predicted molar refractivity (Wildman–Crippen MR) is 112 cm³/mol. The molecule has 2 heterocycles. The van der Waals surface area contributed by atoms with Crippen LogP contribution >= 0.6 is 0 Å². The Morgan fingerprint density at radius 2 is 1.50 bits per heavy atom. The van der Waals surface area contributed by atoms with Crippen molar-refractivity contribution in [2.75, 3.05) is 0 Å². The maximum atomic E-state index is 2.80. The van der Waals surface area contributed by atoms with Crippen LogP contribution in [0.5, 0.6) is 0 Å². The second-order valence-corrected chi connectivity index (χ2v) is 11.4. The van der Waals surface area contributed by atoms with E-state index >= 15 is 0 Å². The van der Waals surface area contributed by atoms with Crippen molar-refractivity contribution >= 4 is 0 Å². The molecule has 1 aromatic heterocycles. The Morgan fingerprint density at radius 1 is 1.00 bits per heavy atom. The van der Waals surface area contributed by atoms with E-state index in [1.54, 1.807) is 0 Å². The minimum Gasteiger partial charge on any atom is -0.279 e. The topological polar surface area (TPSA) is 12.1 Å². The number of imidazole rings is 1. The Hall–Kier alpha value is -0.830. The summed E-state index contributed by atoms with van der Waals surface area (Å²) >= 11 is 0. The molecule has 0 N–H and O–H groups in total. The van der Waals surface area contributed by atoms with Crippen LogP contribution in [0.3, 0.4) is 0 Å². The van der Waals surface area contributed by atoms with Crippen molar-refractivity contribution in [2.45, 2.75) is 126 Å². The van der Waals surface area contributed by atoms with E-state index in [0.717, 1.165) is 0 Å². The van der Waals surface area contributed by atoms with Crippen LogP contribution in [-0.2, 0) is 0 Å². The number of hydrogen-bond acceptors (Lipinski definition) is 1. The van der Waals surface area contributed by atoms with Crippen molar-refractivity contribution in [3.63, 3.8) is 0 Å². The fraction of sp³-hybridized carbons (Fsp3) is 0.870. The molecule has 0 unspecified atom stereocenters. The third kappa shape index (κ3) is 3.25. The van der Waals surface area contributed by atoms with Crippen molar-refractivity contribution in [1.29, 1.82) is 0 Å². The molecule has 0 aliphatic carbocycles. The van der Waals surface area contributed by atoms with Crippen molar-refractivity contribution in [3.05, 3.63) is 17.2 Å². The van der Waals surface area contributed by atoms with E-state index in [4.69, 9.17) is 0 Å². The number of hydrogen-bond donors (Lipinski definition) is 0. The molecule has 26 heavy (non-hydrogen) atoms. The minimum atomic E-state index is 0.116. The highest BCUT2D eigenvalue weighted by Gasteiger charge is 2.59. The summed E-state index contributed by atoms with van der Waals surface area (Å²) in [5.41, 5.74) is 3.34. The van der Waals surface area contributed by atoms with Gasteiger partial charge in [-0.1, -0.05) is 13.8 Å². The summed E-state index contributed by atoms with van der Waals surface area (Å²) in [4.78, 5) is 2.80. The van der Waals surface area contributed by atoms with Crippen LogP contribution in [0.1, 0.15) is 118 Å². The molecule has 1 fully saturated rings. The maximum absolute atomic E-state index is 2.80. The lowest BCUT2D eigenvalue weighted by Gasteiger charge is -2.45. The highest BCUT2D eigenvalue weighted by molar-refractivity contribution is 5.18. The summed E-state index contributed by atoms with van der Waals surface area (Å²) in [6, 6.07) is 1.32. The summed E-state index contributed by atoms with van der Waals surface area (Å²) in [5, 5.41) is 0. The molecule has 0 aromatic carbocycles. The van der Waals surface area contributed by atoms with E-state index in [2.05, 4.69) is 104 Å². The van der Waals surface area contributed by atoms with Gasteiger partial charge in [-0.3, -0.25) is 4.90 Å². The van der Waals surface area contributed by atoms with Crippen LogP contribution < -0.4 is 4.57 Å². The van der Waals surface area contributed by atoms with E-state index in [-0.39, 0.29) is 16.5 Å². The molecule has 3 nitrogen and oxygen atoms in total. The van der Waals surface area contributed by atoms with Gasteiger partial charge in [0.2, 0.25) is 0 Å². The molecule has 2 rings (SSSR count). The summed E-state index contributed by atoms with van der Waals surface area (Å²) in [7, 11) is 0. The first-order chi connectivity index (χ1) is 11.5. The third-order valence-electron chi connectivity index (χ3n) is 6.28. The molecule has 1 saturated heterocycles. The number of rotatable bonds is 3. The molecule has 1 atom stereocenters. The Morgan fingerprint density at radius 3 is 1.88 bits per heavy atom. The zero-order chi connectivity index (χ0) is 20.4. The molecule has 3 heteroatoms. The number of nitrogens with zero attached hydrogens (tertiary/aromatic N) is 3. The van der Waals surface area contributed by atoms with Crippen LogP contribution in [0.2, 0.25) is 0 Å². The largest absolute Gasteiger partial charge is 0.279 e. The Labute approximate surface area is 162 Å². The Bertz CT molecular complexity index is 637. The predicted octanol–water partition coefficient (Wildman–Crippen LogP) is 5.90. The maximum Gasteiger partial charge on any atom is 0.275 e. The lowest BCUT2D eigenvalue weighted by molar-refractivity contribution is -0.731. The van der Waals surface area contributed by atoms with Crippen molar-refractivity contribution in [1.82, 2.24) is 9.47 Å². The van der Waals surface area contributed by atoms with Gasteiger partial charge in [0.1, 0.15) is 17.4 Å². The molecule has 1 aliphatic rings. The fourth-order valence-corrected chi connectivity index (χ4v) is 6.13. The molecule has 0 bridgehead atoms. The molecule has 150 valence electrons. The van der Waals surface area contributed by atoms with Gasteiger partial charge in [-0.2, -0.15) is 0 Å². The van der Waals surface area contributed by atoms with Gasteiger partial charge in [0.05, 0.1) is 12.1 Å². The van der Waals surface area contributed by atoms with Gasteiger partial charge in [0.25, 0.3) is 5.82 Å². The highest BCUT2D eigenvalue weighted by atomic mass is 15.4. The monoisotopic (exact) mass is 362 g/mol. The summed E-state index contributed by atoms with van der Waals surface area (Å²) in [6.07, 6.45) is 1.21. The van der Waals surface area contributed by atoms with Gasteiger partial charge in [-0.15, -0.1) is 0 Å². The second kappa shape index (κ2) is 6.36. The molecule has 0 saturated carbocycles. The van der Waals surface area contributed by atoms with E-state index in [1.165, 1.54) is 23.6 Å². The lowest BCUT2D eigenvalue weighted by Crippen LogP contribution is -2.55. The summed E-state index contributed by atoms with van der Waals surface area (Å²) < 4.78 is 5.23.